The average Bonchev–Trinajstić information content (AvgIpc) is 2.36. The zero-order chi connectivity index (χ0) is 6.97. The Morgan fingerprint density at radius 2 is 2.30 bits per heavy atom. The average molecular weight is 149 g/mol. The monoisotopic (exact) mass is 149 g/mol. The maximum Gasteiger partial charge on any atom is 0.0459 e. The van der Waals surface area contributed by atoms with Crippen LogP contribution in [0, 0.1) is 6.92 Å². The van der Waals surface area contributed by atoms with E-state index in [-0.39, 0.29) is 0 Å². The number of fused-ring (bicyclic) bond motifs is 1. The molecule has 2 aromatic rings. The van der Waals surface area contributed by atoms with Crippen LogP contribution in [0.25, 0.3) is 10.8 Å². The summed E-state index contributed by atoms with van der Waals surface area (Å²) >= 11 is 1.73. The molecule has 0 aliphatic carbocycles. The van der Waals surface area contributed by atoms with E-state index in [0.29, 0.717) is 0 Å². The lowest BCUT2D eigenvalue weighted by molar-refractivity contribution is 1.24. The highest BCUT2D eigenvalue weighted by Gasteiger charge is 1.95. The van der Waals surface area contributed by atoms with Crippen LogP contribution >= 0.6 is 11.3 Å². The van der Waals surface area contributed by atoms with E-state index in [2.05, 4.69) is 15.7 Å². The molecule has 0 radical (unpaired) electrons. The molecule has 0 spiro atoms. The van der Waals surface area contributed by atoms with Gasteiger partial charge in [0.1, 0.15) is 0 Å². The van der Waals surface area contributed by atoms with Crippen molar-refractivity contribution in [1.82, 2.24) is 4.98 Å². The van der Waals surface area contributed by atoms with Crippen LogP contribution in [0.3, 0.4) is 0 Å². The molecule has 0 saturated carbocycles. The van der Waals surface area contributed by atoms with Crippen LogP contribution in [-0.2, 0) is 0 Å². The van der Waals surface area contributed by atoms with E-state index in [9.17, 15) is 0 Å². The molecule has 0 atom stereocenters. The molecular formula is C8H7NS. The fourth-order valence-electron chi connectivity index (χ4n) is 1.03. The smallest absolute Gasteiger partial charge is 0.0459 e. The van der Waals surface area contributed by atoms with Crippen LogP contribution in [0.2, 0.25) is 0 Å². The topological polar surface area (TPSA) is 12.9 Å². The molecule has 0 bridgehead atoms. The Balaban J connectivity index is 2.95. The second-order valence-corrected chi connectivity index (χ2v) is 3.01. The molecule has 2 aromatic heterocycles. The number of aryl methyl sites for hydroxylation is 1. The van der Waals surface area contributed by atoms with E-state index in [1.165, 1.54) is 10.8 Å². The lowest BCUT2D eigenvalue weighted by Crippen LogP contribution is -1.77. The van der Waals surface area contributed by atoms with Crippen LogP contribution in [0.1, 0.15) is 5.69 Å². The Morgan fingerprint density at radius 1 is 1.40 bits per heavy atom. The standard InChI is InChI=1S/C8H7NS/c1-6-8-5-10-4-7(8)2-3-9-6/h2-5H,1H3. The first-order valence-corrected chi connectivity index (χ1v) is 4.10. The Labute approximate surface area is 63.3 Å². The first-order valence-electron chi connectivity index (χ1n) is 3.15. The van der Waals surface area contributed by atoms with Crippen molar-refractivity contribution in [2.24, 2.45) is 0 Å². The fraction of sp³-hybridized carbons (Fsp3) is 0.125. The minimum absolute atomic E-state index is 1.12. The third-order valence-electron chi connectivity index (χ3n) is 1.60. The van der Waals surface area contributed by atoms with E-state index in [1.54, 1.807) is 11.3 Å². The van der Waals surface area contributed by atoms with Crippen molar-refractivity contribution in [2.75, 3.05) is 0 Å². The molecule has 0 amide bonds. The van der Waals surface area contributed by atoms with E-state index < -0.39 is 0 Å². The zero-order valence-electron chi connectivity index (χ0n) is 5.66. The maximum atomic E-state index is 4.19. The highest BCUT2D eigenvalue weighted by atomic mass is 32.1. The van der Waals surface area contributed by atoms with Crippen molar-refractivity contribution in [3.63, 3.8) is 0 Å². The van der Waals surface area contributed by atoms with Crippen LogP contribution in [0.4, 0.5) is 0 Å². The molecule has 10 heavy (non-hydrogen) atoms. The summed E-state index contributed by atoms with van der Waals surface area (Å²) in [5.41, 5.74) is 1.12. The number of nitrogens with zero attached hydrogens (tertiary/aromatic N) is 1. The summed E-state index contributed by atoms with van der Waals surface area (Å²) < 4.78 is 0. The maximum absolute atomic E-state index is 4.19. The summed E-state index contributed by atoms with van der Waals surface area (Å²) in [6.07, 6.45) is 1.85. The lowest BCUT2D eigenvalue weighted by atomic mass is 10.2. The van der Waals surface area contributed by atoms with Gasteiger partial charge in [0.25, 0.3) is 0 Å². The van der Waals surface area contributed by atoms with Gasteiger partial charge in [0.05, 0.1) is 0 Å². The summed E-state index contributed by atoms with van der Waals surface area (Å²) in [5, 5.41) is 6.87. The highest BCUT2D eigenvalue weighted by Crippen LogP contribution is 2.19. The van der Waals surface area contributed by atoms with Crippen molar-refractivity contribution < 1.29 is 0 Å². The van der Waals surface area contributed by atoms with Gasteiger partial charge in [-0.3, -0.25) is 4.98 Å². The van der Waals surface area contributed by atoms with E-state index >= 15 is 0 Å². The molecule has 0 N–H and O–H groups in total. The Hall–Kier alpha value is -0.890. The van der Waals surface area contributed by atoms with Gasteiger partial charge < -0.3 is 0 Å². The molecule has 0 aliphatic rings. The van der Waals surface area contributed by atoms with Gasteiger partial charge in [-0.1, -0.05) is 0 Å². The van der Waals surface area contributed by atoms with Gasteiger partial charge >= 0.3 is 0 Å². The minimum Gasteiger partial charge on any atom is -0.261 e. The van der Waals surface area contributed by atoms with E-state index in [4.69, 9.17) is 0 Å². The molecule has 0 aromatic carbocycles. The predicted molar refractivity (Wildman–Crippen MR) is 44.4 cm³/mol. The Kier molecular flexibility index (Phi) is 1.21. The normalized spacial score (nSPS) is 10.5. The van der Waals surface area contributed by atoms with Crippen molar-refractivity contribution in [2.45, 2.75) is 6.92 Å². The third-order valence-corrected chi connectivity index (χ3v) is 2.37. The molecule has 0 saturated heterocycles. The SMILES string of the molecule is Cc1nccc2cscc12. The molecule has 2 heterocycles. The van der Waals surface area contributed by atoms with Crippen LogP contribution in [-0.4, -0.2) is 4.98 Å². The summed E-state index contributed by atoms with van der Waals surface area (Å²) in [6, 6.07) is 2.04. The number of aromatic nitrogens is 1. The van der Waals surface area contributed by atoms with Gasteiger partial charge in [-0.05, 0) is 23.8 Å². The van der Waals surface area contributed by atoms with Crippen LogP contribution in [0.5, 0.6) is 0 Å². The van der Waals surface area contributed by atoms with Gasteiger partial charge in [0, 0.05) is 22.7 Å². The van der Waals surface area contributed by atoms with Crippen molar-refractivity contribution in [3.05, 3.63) is 28.7 Å². The molecule has 50 valence electrons. The largest absolute Gasteiger partial charge is 0.261 e. The summed E-state index contributed by atoms with van der Waals surface area (Å²) in [7, 11) is 0. The minimum atomic E-state index is 1.12. The number of rotatable bonds is 0. The number of pyridine rings is 1. The molecular weight excluding hydrogens is 142 g/mol. The van der Waals surface area contributed by atoms with Gasteiger partial charge in [-0.2, -0.15) is 11.3 Å². The molecule has 0 aliphatic heterocycles. The first-order chi connectivity index (χ1) is 4.88. The van der Waals surface area contributed by atoms with Gasteiger partial charge in [-0.25, -0.2) is 0 Å². The number of hydrogen-bond acceptors (Lipinski definition) is 2. The van der Waals surface area contributed by atoms with E-state index in [0.717, 1.165) is 5.69 Å². The summed E-state index contributed by atoms with van der Waals surface area (Å²) in [5.74, 6) is 0. The van der Waals surface area contributed by atoms with Crippen molar-refractivity contribution in [1.29, 1.82) is 0 Å². The van der Waals surface area contributed by atoms with Gasteiger partial charge in [0.2, 0.25) is 0 Å². The van der Waals surface area contributed by atoms with Gasteiger partial charge in [-0.15, -0.1) is 0 Å². The number of hydrogen-bond donors (Lipinski definition) is 0. The molecule has 0 unspecified atom stereocenters. The lowest BCUT2D eigenvalue weighted by Gasteiger charge is -1.91. The third kappa shape index (κ3) is 0.727. The van der Waals surface area contributed by atoms with Crippen molar-refractivity contribution >= 4 is 22.1 Å². The summed E-state index contributed by atoms with van der Waals surface area (Å²) in [4.78, 5) is 4.19. The Morgan fingerprint density at radius 3 is 3.10 bits per heavy atom. The molecule has 1 nitrogen and oxygen atoms in total. The second kappa shape index (κ2) is 2.06. The Bertz CT molecular complexity index is 351. The van der Waals surface area contributed by atoms with E-state index in [1.807, 2.05) is 19.2 Å². The van der Waals surface area contributed by atoms with Gasteiger partial charge in [0.15, 0.2) is 0 Å². The first kappa shape index (κ1) is 5.86. The van der Waals surface area contributed by atoms with Crippen molar-refractivity contribution in [3.8, 4) is 0 Å². The quantitative estimate of drug-likeness (QED) is 0.561. The molecule has 0 fully saturated rings. The predicted octanol–water partition coefficient (Wildman–Crippen LogP) is 2.60. The fourth-order valence-corrected chi connectivity index (χ4v) is 1.89. The molecule has 2 heteroatoms. The number of thiophene rings is 1. The van der Waals surface area contributed by atoms with Crippen LogP contribution in [0.15, 0.2) is 23.0 Å². The summed E-state index contributed by atoms with van der Waals surface area (Å²) in [6.45, 7) is 2.04. The highest BCUT2D eigenvalue weighted by molar-refractivity contribution is 7.09. The zero-order valence-corrected chi connectivity index (χ0v) is 6.48. The van der Waals surface area contributed by atoms with Crippen LogP contribution < -0.4 is 0 Å². The second-order valence-electron chi connectivity index (χ2n) is 2.27. The molecule has 2 rings (SSSR count).